The lowest BCUT2D eigenvalue weighted by Crippen LogP contribution is -2.45. The van der Waals surface area contributed by atoms with Gasteiger partial charge in [0.1, 0.15) is 36.0 Å². The number of nitrogens with zero attached hydrogens (tertiary/aromatic N) is 7. The van der Waals surface area contributed by atoms with Crippen molar-refractivity contribution in [2.24, 2.45) is 0 Å². The lowest BCUT2D eigenvalue weighted by Gasteiger charge is -2.32. The fourth-order valence-electron chi connectivity index (χ4n) is 5.08. The van der Waals surface area contributed by atoms with Crippen LogP contribution < -0.4 is 21.1 Å². The zero-order chi connectivity index (χ0) is 31.6. The van der Waals surface area contributed by atoms with Gasteiger partial charge in [-0.25, -0.2) is 19.4 Å². The maximum Gasteiger partial charge on any atom is 0.324 e. The topological polar surface area (TPSA) is 152 Å². The molecule has 0 spiro atoms. The average Bonchev–Trinajstić information content (AvgIpc) is 3.65. The van der Waals surface area contributed by atoms with Crippen molar-refractivity contribution < 1.29 is 14.1 Å². The van der Waals surface area contributed by atoms with Crippen LogP contribution in [0.2, 0.25) is 0 Å². The van der Waals surface area contributed by atoms with Gasteiger partial charge in [0, 0.05) is 55.5 Å². The highest BCUT2D eigenvalue weighted by atomic mass is 16.5. The van der Waals surface area contributed by atoms with Gasteiger partial charge >= 0.3 is 6.03 Å². The third-order valence-electron chi connectivity index (χ3n) is 7.75. The number of nitrogen functional groups attached to an aromatic ring is 1. The number of amides is 2. The smallest absolute Gasteiger partial charge is 0.324 e. The van der Waals surface area contributed by atoms with Gasteiger partial charge in [0.2, 0.25) is 0 Å². The Hall–Kier alpha value is -5.01. The van der Waals surface area contributed by atoms with Crippen molar-refractivity contribution in [2.45, 2.75) is 26.2 Å². The third-order valence-corrected chi connectivity index (χ3v) is 7.75. The monoisotopic (exact) mass is 610 g/mol. The van der Waals surface area contributed by atoms with E-state index in [4.69, 9.17) is 20.1 Å². The van der Waals surface area contributed by atoms with Gasteiger partial charge in [-0.3, -0.25) is 10.2 Å². The largest absolute Gasteiger partial charge is 0.492 e. The lowest BCUT2D eigenvalue weighted by atomic mass is 9.93. The second-order valence-corrected chi connectivity index (χ2v) is 12.2. The molecule has 1 aliphatic heterocycles. The predicted octanol–water partition coefficient (Wildman–Crippen LogP) is 4.62. The lowest BCUT2D eigenvalue weighted by molar-refractivity contribution is 0.134. The van der Waals surface area contributed by atoms with Gasteiger partial charge in [0.05, 0.1) is 11.1 Å². The number of ether oxygens (including phenoxy) is 1. The van der Waals surface area contributed by atoms with Crippen molar-refractivity contribution in [3.63, 3.8) is 0 Å². The Kier molecular flexibility index (Phi) is 8.37. The number of urea groups is 1. The van der Waals surface area contributed by atoms with Gasteiger partial charge in [-0.1, -0.05) is 25.9 Å². The van der Waals surface area contributed by atoms with E-state index >= 15 is 0 Å². The van der Waals surface area contributed by atoms with Gasteiger partial charge in [-0.15, -0.1) is 0 Å². The van der Waals surface area contributed by atoms with Crippen molar-refractivity contribution in [1.29, 1.82) is 0 Å². The molecule has 1 fully saturated rings. The van der Waals surface area contributed by atoms with E-state index in [1.807, 2.05) is 57.2 Å². The predicted molar refractivity (Wildman–Crippen MR) is 174 cm³/mol. The summed E-state index contributed by atoms with van der Waals surface area (Å²) in [5, 5.41) is 15.0. The highest BCUT2D eigenvalue weighted by Crippen LogP contribution is 2.33. The van der Waals surface area contributed by atoms with Crippen LogP contribution in [0.4, 0.5) is 22.1 Å². The molecule has 13 nitrogen and oxygen atoms in total. The minimum Gasteiger partial charge on any atom is -0.492 e. The molecule has 0 radical (unpaired) electrons. The van der Waals surface area contributed by atoms with Crippen LogP contribution in [0.5, 0.6) is 5.75 Å². The van der Waals surface area contributed by atoms with Crippen molar-refractivity contribution in [3.05, 3.63) is 66.7 Å². The molecule has 2 aromatic carbocycles. The Morgan fingerprint density at radius 2 is 1.73 bits per heavy atom. The molecule has 0 atom stereocenters. The van der Waals surface area contributed by atoms with Crippen molar-refractivity contribution >= 4 is 34.4 Å². The fourth-order valence-corrected chi connectivity index (χ4v) is 5.08. The Labute approximate surface area is 261 Å². The van der Waals surface area contributed by atoms with Crippen molar-refractivity contribution in [1.82, 2.24) is 34.7 Å². The first-order valence-corrected chi connectivity index (χ1v) is 14.9. The molecule has 6 rings (SSSR count). The van der Waals surface area contributed by atoms with Crippen LogP contribution in [0.15, 0.2) is 65.4 Å². The molecule has 234 valence electrons. The molecule has 0 aliphatic carbocycles. The summed E-state index contributed by atoms with van der Waals surface area (Å²) in [6.07, 6.45) is 1.42. The van der Waals surface area contributed by atoms with Gasteiger partial charge in [0.25, 0.3) is 0 Å². The normalized spacial score (nSPS) is 14.5. The summed E-state index contributed by atoms with van der Waals surface area (Å²) < 4.78 is 13.1. The minimum absolute atomic E-state index is 0.215. The number of anilines is 3. The number of carbonyl (C=O) groups is 1. The molecule has 0 unspecified atom stereocenters. The average molecular weight is 611 g/mol. The number of aromatic nitrogens is 5. The number of rotatable bonds is 8. The molecular formula is C32H38N10O3. The van der Waals surface area contributed by atoms with Crippen LogP contribution in [0.25, 0.3) is 28.0 Å². The Morgan fingerprint density at radius 1 is 1.00 bits per heavy atom. The SMILES string of the molecule is CN1CCN(CCOc2ccc(-c3nn(-c4ccc(NC(=O)Nc5cc(C(C)(C)C)on5)cc4)c4ncnc(N)c34)cc2)CC1. The standard InChI is InChI=1S/C32H38N10O3/c1-32(2,3)25-19-26(39-45-25)37-31(43)36-22-7-9-23(10-8-22)42-30-27(29(33)34-20-35-30)28(38-42)21-5-11-24(12-6-21)44-18-17-41-15-13-40(4)14-16-41/h5-12,19-20H,13-18H2,1-4H3,(H2,33,34,35)(H2,36,37,39,43). The molecule has 5 aromatic rings. The van der Waals surface area contributed by atoms with Crippen molar-refractivity contribution in [2.75, 3.05) is 62.7 Å². The van der Waals surface area contributed by atoms with Crippen LogP contribution in [0.3, 0.4) is 0 Å². The maximum atomic E-state index is 12.6. The summed E-state index contributed by atoms with van der Waals surface area (Å²) in [4.78, 5) is 26.0. The van der Waals surface area contributed by atoms with E-state index in [9.17, 15) is 4.79 Å². The molecule has 2 amide bonds. The Bertz CT molecular complexity index is 1770. The molecule has 3 aromatic heterocycles. The number of hydrogen-bond acceptors (Lipinski definition) is 10. The molecular weight excluding hydrogens is 572 g/mol. The zero-order valence-corrected chi connectivity index (χ0v) is 25.9. The highest BCUT2D eigenvalue weighted by molar-refractivity contribution is 6.00. The first-order valence-electron chi connectivity index (χ1n) is 14.9. The van der Waals surface area contributed by atoms with E-state index in [0.29, 0.717) is 46.4 Å². The first kappa shape index (κ1) is 30.0. The summed E-state index contributed by atoms with van der Waals surface area (Å²) >= 11 is 0. The number of piperazine rings is 1. The molecule has 45 heavy (non-hydrogen) atoms. The molecule has 0 saturated carbocycles. The third kappa shape index (κ3) is 6.89. The van der Waals surface area contributed by atoms with Crippen LogP contribution in [0, 0.1) is 0 Å². The minimum atomic E-state index is -0.435. The number of nitrogens with one attached hydrogen (secondary N) is 2. The van der Waals surface area contributed by atoms with Crippen molar-refractivity contribution in [3.8, 4) is 22.7 Å². The fraction of sp³-hybridized carbons (Fsp3) is 0.344. The number of hydrogen-bond donors (Lipinski definition) is 3. The number of benzene rings is 2. The van der Waals surface area contributed by atoms with E-state index in [1.165, 1.54) is 6.33 Å². The van der Waals surface area contributed by atoms with Crippen LogP contribution in [-0.4, -0.2) is 87.1 Å². The van der Waals surface area contributed by atoms with E-state index in [1.54, 1.807) is 22.9 Å². The number of fused-ring (bicyclic) bond motifs is 1. The summed E-state index contributed by atoms with van der Waals surface area (Å²) in [7, 11) is 2.16. The summed E-state index contributed by atoms with van der Waals surface area (Å²) in [6.45, 7) is 11.9. The number of likely N-dealkylation sites (N-methyl/N-ethyl adjacent to an activating group) is 1. The Balaban J connectivity index is 1.14. The summed E-state index contributed by atoms with van der Waals surface area (Å²) in [6, 6.07) is 16.3. The number of carbonyl (C=O) groups excluding carboxylic acids is 1. The van der Waals surface area contributed by atoms with Crippen LogP contribution in [-0.2, 0) is 5.41 Å². The molecule has 1 aliphatic rings. The summed E-state index contributed by atoms with van der Waals surface area (Å²) in [5.41, 5.74) is 9.54. The molecule has 0 bridgehead atoms. The van der Waals surface area contributed by atoms with Crippen LogP contribution in [0.1, 0.15) is 26.5 Å². The second-order valence-electron chi connectivity index (χ2n) is 12.2. The van der Waals surface area contributed by atoms with E-state index in [2.05, 4.69) is 42.6 Å². The van der Waals surface area contributed by atoms with E-state index in [0.717, 1.165) is 49.7 Å². The molecule has 13 heteroatoms. The maximum absolute atomic E-state index is 12.6. The Morgan fingerprint density at radius 3 is 2.42 bits per heavy atom. The highest BCUT2D eigenvalue weighted by Gasteiger charge is 2.21. The summed E-state index contributed by atoms with van der Waals surface area (Å²) in [5.74, 6) is 2.16. The zero-order valence-electron chi connectivity index (χ0n) is 25.9. The number of nitrogens with two attached hydrogens (primary N) is 1. The van der Waals surface area contributed by atoms with Gasteiger partial charge < -0.3 is 25.2 Å². The van der Waals surface area contributed by atoms with E-state index in [-0.39, 0.29) is 5.41 Å². The second kappa shape index (κ2) is 12.5. The molecule has 4 heterocycles. The van der Waals surface area contributed by atoms with Crippen LogP contribution >= 0.6 is 0 Å². The van der Waals surface area contributed by atoms with Gasteiger partial charge in [0.15, 0.2) is 11.5 Å². The van der Waals surface area contributed by atoms with Gasteiger partial charge in [-0.2, -0.15) is 5.10 Å². The van der Waals surface area contributed by atoms with E-state index < -0.39 is 6.03 Å². The molecule has 4 N–H and O–H groups in total. The first-order chi connectivity index (χ1) is 21.6. The van der Waals surface area contributed by atoms with Gasteiger partial charge in [-0.05, 0) is 55.6 Å². The quantitative estimate of drug-likeness (QED) is 0.227. The molecule has 1 saturated heterocycles.